The van der Waals surface area contributed by atoms with Gasteiger partial charge in [0.15, 0.2) is 0 Å². The molecule has 21 heavy (non-hydrogen) atoms. The molecular weight excluding hydrogens is 260 g/mol. The molecule has 1 aromatic heterocycles. The Hall–Kier alpha value is -1.61. The first-order valence-electron chi connectivity index (χ1n) is 7.96. The molecule has 4 unspecified atom stereocenters. The molecule has 1 N–H and O–H groups in total. The van der Waals surface area contributed by atoms with Crippen LogP contribution in [0.15, 0.2) is 42.6 Å². The number of rotatable bonds is 6. The predicted molar refractivity (Wildman–Crippen MR) is 84.2 cm³/mol. The van der Waals surface area contributed by atoms with Crippen molar-refractivity contribution in [2.24, 2.45) is 5.92 Å². The molecule has 1 aliphatic rings. The van der Waals surface area contributed by atoms with Gasteiger partial charge in [-0.3, -0.25) is 4.68 Å². The van der Waals surface area contributed by atoms with Crippen molar-refractivity contribution in [1.29, 1.82) is 0 Å². The normalized spacial score (nSPS) is 23.8. The van der Waals surface area contributed by atoms with Crippen LogP contribution in [-0.2, 0) is 6.42 Å². The van der Waals surface area contributed by atoms with Gasteiger partial charge in [0.1, 0.15) is 0 Å². The van der Waals surface area contributed by atoms with E-state index < -0.39 is 0 Å². The molecule has 2 aromatic rings. The maximum Gasteiger partial charge on any atom is 0.0650 e. The molecule has 0 bridgehead atoms. The fourth-order valence-corrected chi connectivity index (χ4v) is 3.01. The molecule has 0 radical (unpaired) electrons. The molecule has 1 aromatic carbocycles. The van der Waals surface area contributed by atoms with E-state index in [0.717, 1.165) is 18.5 Å². The summed E-state index contributed by atoms with van der Waals surface area (Å²) in [5, 5.41) is 15.0. The molecular formula is C18H24N2O. The van der Waals surface area contributed by atoms with E-state index in [-0.39, 0.29) is 6.10 Å². The molecule has 4 atom stereocenters. The minimum atomic E-state index is -0.282. The van der Waals surface area contributed by atoms with Gasteiger partial charge in [0.2, 0.25) is 0 Å². The first kappa shape index (κ1) is 14.3. The molecule has 3 rings (SSSR count). The Labute approximate surface area is 126 Å². The average molecular weight is 284 g/mol. The highest BCUT2D eigenvalue weighted by Gasteiger charge is 2.43. The third kappa shape index (κ3) is 3.18. The molecule has 1 aliphatic carbocycles. The summed E-state index contributed by atoms with van der Waals surface area (Å²) in [5.74, 6) is 0.916. The van der Waals surface area contributed by atoms with Crippen LogP contribution in [0.4, 0.5) is 0 Å². The zero-order chi connectivity index (χ0) is 14.8. The highest BCUT2D eigenvalue weighted by Crippen LogP contribution is 2.49. The monoisotopic (exact) mass is 284 g/mol. The Balaban J connectivity index is 1.58. The van der Waals surface area contributed by atoms with Crippen molar-refractivity contribution in [3.63, 3.8) is 0 Å². The number of aliphatic hydroxyl groups is 1. The van der Waals surface area contributed by atoms with Gasteiger partial charge >= 0.3 is 0 Å². The van der Waals surface area contributed by atoms with Gasteiger partial charge in [0.05, 0.1) is 11.8 Å². The third-order valence-electron chi connectivity index (χ3n) is 4.69. The molecule has 1 fully saturated rings. The third-order valence-corrected chi connectivity index (χ3v) is 4.69. The van der Waals surface area contributed by atoms with E-state index in [1.54, 1.807) is 0 Å². The number of aliphatic hydroxyl groups excluding tert-OH is 1. The van der Waals surface area contributed by atoms with Crippen molar-refractivity contribution in [2.45, 2.75) is 51.2 Å². The molecule has 3 nitrogen and oxygen atoms in total. The van der Waals surface area contributed by atoms with Crippen molar-refractivity contribution < 1.29 is 5.11 Å². The lowest BCUT2D eigenvalue weighted by molar-refractivity contribution is 0.147. The van der Waals surface area contributed by atoms with E-state index in [2.05, 4.69) is 43.2 Å². The number of hydrogen-bond donors (Lipinski definition) is 1. The molecule has 1 heterocycles. The van der Waals surface area contributed by atoms with E-state index >= 15 is 0 Å². The van der Waals surface area contributed by atoms with E-state index in [9.17, 15) is 5.11 Å². The number of aromatic nitrogens is 2. The second-order valence-corrected chi connectivity index (χ2v) is 6.23. The zero-order valence-electron chi connectivity index (χ0n) is 12.8. The maximum absolute atomic E-state index is 10.4. The minimum Gasteiger partial charge on any atom is -0.392 e. The van der Waals surface area contributed by atoms with Crippen LogP contribution < -0.4 is 0 Å². The molecule has 3 heteroatoms. The van der Waals surface area contributed by atoms with Crippen LogP contribution in [0.5, 0.6) is 0 Å². The minimum absolute atomic E-state index is 0.282. The van der Waals surface area contributed by atoms with E-state index in [1.165, 1.54) is 5.56 Å². The second kappa shape index (κ2) is 6.02. The van der Waals surface area contributed by atoms with Crippen molar-refractivity contribution in [3.05, 3.63) is 53.9 Å². The summed E-state index contributed by atoms with van der Waals surface area (Å²) < 4.78 is 2.00. The smallest absolute Gasteiger partial charge is 0.0650 e. The summed E-state index contributed by atoms with van der Waals surface area (Å²) in [5.41, 5.74) is 2.35. The molecule has 1 saturated carbocycles. The van der Waals surface area contributed by atoms with Gasteiger partial charge in [-0.1, -0.05) is 37.3 Å². The average Bonchev–Trinajstić information content (AvgIpc) is 3.20. The summed E-state index contributed by atoms with van der Waals surface area (Å²) in [6, 6.07) is 13.0. The van der Waals surface area contributed by atoms with Crippen molar-refractivity contribution in [2.75, 3.05) is 0 Å². The first-order chi connectivity index (χ1) is 10.2. The van der Waals surface area contributed by atoms with Crippen LogP contribution in [0.3, 0.4) is 0 Å². The summed E-state index contributed by atoms with van der Waals surface area (Å²) >= 11 is 0. The van der Waals surface area contributed by atoms with Crippen LogP contribution in [0, 0.1) is 5.92 Å². The maximum atomic E-state index is 10.4. The Bertz CT molecular complexity index is 578. The summed E-state index contributed by atoms with van der Waals surface area (Å²) in [7, 11) is 0. The number of nitrogens with zero attached hydrogens (tertiary/aromatic N) is 2. The largest absolute Gasteiger partial charge is 0.392 e. The van der Waals surface area contributed by atoms with Crippen LogP contribution in [0.1, 0.15) is 49.9 Å². The summed E-state index contributed by atoms with van der Waals surface area (Å²) in [6.07, 6.45) is 4.57. The first-order valence-corrected chi connectivity index (χ1v) is 7.96. The van der Waals surface area contributed by atoms with Gasteiger partial charge in [-0.25, -0.2) is 0 Å². The molecule has 0 saturated heterocycles. The summed E-state index contributed by atoms with van der Waals surface area (Å²) in [4.78, 5) is 0. The standard InChI is InChI=1S/C18H24N2O/c1-3-13(2)20-10-9-15(19-20)11-18(21)17-12-16(17)14-7-5-4-6-8-14/h4-10,13,16-18,21H,3,11-12H2,1-2H3. The highest BCUT2D eigenvalue weighted by molar-refractivity contribution is 5.26. The Morgan fingerprint density at radius 3 is 2.76 bits per heavy atom. The predicted octanol–water partition coefficient (Wildman–Crippen LogP) is 3.56. The highest BCUT2D eigenvalue weighted by atomic mass is 16.3. The lowest BCUT2D eigenvalue weighted by Gasteiger charge is -2.10. The lowest BCUT2D eigenvalue weighted by Crippen LogP contribution is -2.15. The summed E-state index contributed by atoms with van der Waals surface area (Å²) in [6.45, 7) is 4.33. The van der Waals surface area contributed by atoms with E-state index in [4.69, 9.17) is 0 Å². The van der Waals surface area contributed by atoms with Gasteiger partial charge < -0.3 is 5.11 Å². The van der Waals surface area contributed by atoms with Gasteiger partial charge in [-0.15, -0.1) is 0 Å². The molecule has 112 valence electrons. The Morgan fingerprint density at radius 2 is 2.05 bits per heavy atom. The SMILES string of the molecule is CCC(C)n1ccc(CC(O)C2CC2c2ccccc2)n1. The Morgan fingerprint density at radius 1 is 1.29 bits per heavy atom. The van der Waals surface area contributed by atoms with E-state index in [1.807, 2.05) is 23.0 Å². The van der Waals surface area contributed by atoms with Gasteiger partial charge in [-0.2, -0.15) is 5.10 Å². The van der Waals surface area contributed by atoms with E-state index in [0.29, 0.717) is 24.3 Å². The zero-order valence-corrected chi connectivity index (χ0v) is 12.8. The second-order valence-electron chi connectivity index (χ2n) is 6.23. The van der Waals surface area contributed by atoms with Crippen LogP contribution in [0.25, 0.3) is 0 Å². The van der Waals surface area contributed by atoms with Crippen molar-refractivity contribution in [1.82, 2.24) is 9.78 Å². The van der Waals surface area contributed by atoms with Crippen LogP contribution >= 0.6 is 0 Å². The Kier molecular flexibility index (Phi) is 4.11. The van der Waals surface area contributed by atoms with Crippen molar-refractivity contribution >= 4 is 0 Å². The molecule has 0 spiro atoms. The molecule has 0 amide bonds. The van der Waals surface area contributed by atoms with Gasteiger partial charge in [0, 0.05) is 18.7 Å². The lowest BCUT2D eigenvalue weighted by atomic mass is 10.0. The van der Waals surface area contributed by atoms with Crippen LogP contribution in [0.2, 0.25) is 0 Å². The number of hydrogen-bond acceptors (Lipinski definition) is 2. The van der Waals surface area contributed by atoms with Crippen LogP contribution in [-0.4, -0.2) is 21.0 Å². The fourth-order valence-electron chi connectivity index (χ4n) is 3.01. The fraction of sp³-hybridized carbons (Fsp3) is 0.500. The molecule has 0 aliphatic heterocycles. The topological polar surface area (TPSA) is 38.0 Å². The van der Waals surface area contributed by atoms with Gasteiger partial charge in [-0.05, 0) is 43.2 Å². The quantitative estimate of drug-likeness (QED) is 0.880. The number of benzene rings is 1. The van der Waals surface area contributed by atoms with Crippen molar-refractivity contribution in [3.8, 4) is 0 Å². The van der Waals surface area contributed by atoms with Gasteiger partial charge in [0.25, 0.3) is 0 Å².